The molecule has 68 valence electrons. The highest BCUT2D eigenvalue weighted by Gasteiger charge is 2.23. The molecular weight excluding hydrogens is 160 g/mol. The number of rotatable bonds is 2. The molecule has 1 aliphatic carbocycles. The second kappa shape index (κ2) is 3.73. The summed E-state index contributed by atoms with van der Waals surface area (Å²) in [6.07, 6.45) is 3.93. The van der Waals surface area contributed by atoms with Gasteiger partial charge in [0.2, 0.25) is 0 Å². The van der Waals surface area contributed by atoms with Crippen LogP contribution in [0.1, 0.15) is 24.8 Å². The Labute approximate surface area is 78.8 Å². The molecule has 1 aromatic carbocycles. The second-order valence-electron chi connectivity index (χ2n) is 3.75. The van der Waals surface area contributed by atoms with Crippen molar-refractivity contribution in [3.05, 3.63) is 35.9 Å². The molecule has 1 heteroatoms. The lowest BCUT2D eigenvalue weighted by Gasteiger charge is -2.06. The van der Waals surface area contributed by atoms with E-state index in [9.17, 15) is 4.79 Å². The third-order valence-electron chi connectivity index (χ3n) is 2.76. The highest BCUT2D eigenvalue weighted by Crippen LogP contribution is 2.24. The topological polar surface area (TPSA) is 17.1 Å². The van der Waals surface area contributed by atoms with Crippen LogP contribution in [-0.2, 0) is 11.2 Å². The molecule has 0 saturated heterocycles. The van der Waals surface area contributed by atoms with E-state index in [0.29, 0.717) is 11.7 Å². The van der Waals surface area contributed by atoms with Gasteiger partial charge in [0.05, 0.1) is 0 Å². The van der Waals surface area contributed by atoms with Gasteiger partial charge in [-0.1, -0.05) is 30.3 Å². The lowest BCUT2D eigenvalue weighted by molar-refractivity contribution is -0.120. The van der Waals surface area contributed by atoms with E-state index in [2.05, 4.69) is 12.1 Å². The van der Waals surface area contributed by atoms with Crippen molar-refractivity contribution in [3.8, 4) is 0 Å². The van der Waals surface area contributed by atoms with Crippen molar-refractivity contribution in [2.75, 3.05) is 0 Å². The Morgan fingerprint density at radius 1 is 1.23 bits per heavy atom. The molecule has 1 atom stereocenters. The van der Waals surface area contributed by atoms with Crippen LogP contribution in [0.25, 0.3) is 0 Å². The van der Waals surface area contributed by atoms with Crippen LogP contribution >= 0.6 is 0 Å². The average molecular weight is 174 g/mol. The fourth-order valence-corrected chi connectivity index (χ4v) is 2.00. The molecule has 0 radical (unpaired) electrons. The first-order chi connectivity index (χ1) is 6.36. The van der Waals surface area contributed by atoms with Gasteiger partial charge in [-0.3, -0.25) is 4.79 Å². The smallest absolute Gasteiger partial charge is 0.136 e. The standard InChI is InChI=1S/C12H14O/c13-12-8-4-7-11(12)9-10-5-2-1-3-6-10/h1-3,5-6,11H,4,7-9H2/t11-/m1/s1. The van der Waals surface area contributed by atoms with E-state index in [1.165, 1.54) is 5.56 Å². The minimum atomic E-state index is 0.308. The average Bonchev–Trinajstić information content (AvgIpc) is 2.54. The molecule has 0 N–H and O–H groups in total. The Hall–Kier alpha value is -1.11. The van der Waals surface area contributed by atoms with Crippen LogP contribution in [0.3, 0.4) is 0 Å². The quantitative estimate of drug-likeness (QED) is 0.673. The Bertz CT molecular complexity index is 289. The van der Waals surface area contributed by atoms with Crippen LogP contribution in [0.2, 0.25) is 0 Å². The zero-order valence-electron chi connectivity index (χ0n) is 7.70. The van der Waals surface area contributed by atoms with Crippen LogP contribution < -0.4 is 0 Å². The van der Waals surface area contributed by atoms with Crippen molar-refractivity contribution in [1.82, 2.24) is 0 Å². The second-order valence-corrected chi connectivity index (χ2v) is 3.75. The SMILES string of the molecule is O=C1CCC[C@@H]1Cc1ccccc1. The Balaban J connectivity index is 2.02. The summed E-state index contributed by atoms with van der Waals surface area (Å²) in [5.74, 6) is 0.770. The van der Waals surface area contributed by atoms with Crippen LogP contribution in [0.15, 0.2) is 30.3 Å². The number of Topliss-reactive ketones (excluding diaryl/α,β-unsaturated/α-hetero) is 1. The molecule has 0 aromatic heterocycles. The third-order valence-corrected chi connectivity index (χ3v) is 2.76. The summed E-state index contributed by atoms with van der Waals surface area (Å²) in [5, 5.41) is 0. The van der Waals surface area contributed by atoms with E-state index in [4.69, 9.17) is 0 Å². The molecule has 1 fully saturated rings. The summed E-state index contributed by atoms with van der Waals surface area (Å²) >= 11 is 0. The molecule has 1 saturated carbocycles. The van der Waals surface area contributed by atoms with Gasteiger partial charge >= 0.3 is 0 Å². The molecule has 1 aromatic rings. The number of hydrogen-bond acceptors (Lipinski definition) is 1. The summed E-state index contributed by atoms with van der Waals surface area (Å²) in [5.41, 5.74) is 1.29. The summed E-state index contributed by atoms with van der Waals surface area (Å²) in [7, 11) is 0. The molecule has 2 rings (SSSR count). The van der Waals surface area contributed by atoms with Gasteiger partial charge < -0.3 is 0 Å². The molecule has 0 heterocycles. The summed E-state index contributed by atoms with van der Waals surface area (Å²) in [4.78, 5) is 11.4. The molecule has 0 bridgehead atoms. The maximum atomic E-state index is 11.4. The van der Waals surface area contributed by atoms with Crippen molar-refractivity contribution < 1.29 is 4.79 Å². The lowest BCUT2D eigenvalue weighted by Crippen LogP contribution is -2.09. The summed E-state index contributed by atoms with van der Waals surface area (Å²) < 4.78 is 0. The molecule has 0 unspecified atom stereocenters. The number of carbonyl (C=O) groups excluding carboxylic acids is 1. The first-order valence-corrected chi connectivity index (χ1v) is 4.93. The van der Waals surface area contributed by atoms with Gasteiger partial charge in [0.15, 0.2) is 0 Å². The predicted octanol–water partition coefficient (Wildman–Crippen LogP) is 2.60. The van der Waals surface area contributed by atoms with Gasteiger partial charge in [-0.25, -0.2) is 0 Å². The van der Waals surface area contributed by atoms with Crippen LogP contribution in [0.4, 0.5) is 0 Å². The zero-order valence-corrected chi connectivity index (χ0v) is 7.70. The fourth-order valence-electron chi connectivity index (χ4n) is 2.00. The summed E-state index contributed by atoms with van der Waals surface area (Å²) in [6.45, 7) is 0. The minimum Gasteiger partial charge on any atom is -0.299 e. The van der Waals surface area contributed by atoms with Crippen molar-refractivity contribution in [2.45, 2.75) is 25.7 Å². The largest absolute Gasteiger partial charge is 0.299 e. The van der Waals surface area contributed by atoms with Gasteiger partial charge in [0, 0.05) is 12.3 Å². The predicted molar refractivity (Wildman–Crippen MR) is 52.5 cm³/mol. The van der Waals surface area contributed by atoms with Gasteiger partial charge in [-0.2, -0.15) is 0 Å². The Morgan fingerprint density at radius 3 is 2.62 bits per heavy atom. The van der Waals surface area contributed by atoms with Crippen LogP contribution in [0.5, 0.6) is 0 Å². The van der Waals surface area contributed by atoms with Crippen molar-refractivity contribution in [2.24, 2.45) is 5.92 Å². The van der Waals surface area contributed by atoms with Crippen molar-refractivity contribution >= 4 is 5.78 Å². The van der Waals surface area contributed by atoms with Crippen molar-refractivity contribution in [3.63, 3.8) is 0 Å². The Kier molecular flexibility index (Phi) is 2.44. The molecule has 0 aliphatic heterocycles. The molecule has 1 nitrogen and oxygen atoms in total. The maximum absolute atomic E-state index is 11.4. The molecular formula is C12H14O. The molecule has 0 amide bonds. The van der Waals surface area contributed by atoms with E-state index >= 15 is 0 Å². The van der Waals surface area contributed by atoms with Gasteiger partial charge in [-0.15, -0.1) is 0 Å². The number of benzene rings is 1. The highest BCUT2D eigenvalue weighted by atomic mass is 16.1. The number of carbonyl (C=O) groups is 1. The third kappa shape index (κ3) is 1.97. The number of ketones is 1. The molecule has 0 spiro atoms. The minimum absolute atomic E-state index is 0.308. The lowest BCUT2D eigenvalue weighted by atomic mass is 9.97. The van der Waals surface area contributed by atoms with E-state index in [1.807, 2.05) is 18.2 Å². The monoisotopic (exact) mass is 174 g/mol. The van der Waals surface area contributed by atoms with Gasteiger partial charge in [0.1, 0.15) is 5.78 Å². The van der Waals surface area contributed by atoms with E-state index in [-0.39, 0.29) is 0 Å². The van der Waals surface area contributed by atoms with E-state index in [0.717, 1.165) is 25.7 Å². The normalized spacial score (nSPS) is 22.2. The highest BCUT2D eigenvalue weighted by molar-refractivity contribution is 5.83. The maximum Gasteiger partial charge on any atom is 0.136 e. The first kappa shape index (κ1) is 8.49. The van der Waals surface area contributed by atoms with Gasteiger partial charge in [0.25, 0.3) is 0 Å². The van der Waals surface area contributed by atoms with Gasteiger partial charge in [-0.05, 0) is 24.8 Å². The molecule has 13 heavy (non-hydrogen) atoms. The first-order valence-electron chi connectivity index (χ1n) is 4.93. The van der Waals surface area contributed by atoms with Crippen LogP contribution in [-0.4, -0.2) is 5.78 Å². The fraction of sp³-hybridized carbons (Fsp3) is 0.417. The summed E-state index contributed by atoms with van der Waals surface area (Å²) in [6, 6.07) is 10.3. The van der Waals surface area contributed by atoms with Crippen LogP contribution in [0, 0.1) is 5.92 Å². The van der Waals surface area contributed by atoms with E-state index in [1.54, 1.807) is 0 Å². The van der Waals surface area contributed by atoms with E-state index < -0.39 is 0 Å². The number of hydrogen-bond donors (Lipinski definition) is 0. The Morgan fingerprint density at radius 2 is 2.00 bits per heavy atom. The molecule has 1 aliphatic rings. The van der Waals surface area contributed by atoms with Crippen molar-refractivity contribution in [1.29, 1.82) is 0 Å². The zero-order chi connectivity index (χ0) is 9.10.